The van der Waals surface area contributed by atoms with E-state index in [1.165, 1.54) is 6.42 Å². The highest BCUT2D eigenvalue weighted by Crippen LogP contribution is 2.25. The summed E-state index contributed by atoms with van der Waals surface area (Å²) >= 11 is 5.84. The number of carbonyl (C=O) groups excluding carboxylic acids is 1. The Kier molecular flexibility index (Phi) is 4.00. The molecule has 1 aromatic heterocycles. The molecule has 0 spiro atoms. The molecule has 1 aliphatic rings. The van der Waals surface area contributed by atoms with Crippen LogP contribution in [0.4, 0.5) is 5.69 Å². The zero-order valence-electron chi connectivity index (χ0n) is 10.0. The lowest BCUT2D eigenvalue weighted by atomic mass is 9.88. The largest absolute Gasteiger partial charge is 0.324 e. The van der Waals surface area contributed by atoms with E-state index in [1.807, 2.05) is 13.0 Å². The summed E-state index contributed by atoms with van der Waals surface area (Å²) in [7, 11) is 0. The van der Waals surface area contributed by atoms with E-state index in [2.05, 4.69) is 10.3 Å². The first-order chi connectivity index (χ1) is 8.16. The minimum atomic E-state index is 0.119. The molecular weight excluding hydrogens is 236 g/mol. The van der Waals surface area contributed by atoms with Gasteiger partial charge in [-0.2, -0.15) is 0 Å². The van der Waals surface area contributed by atoms with Crippen LogP contribution in [0.1, 0.15) is 37.7 Å². The van der Waals surface area contributed by atoms with E-state index in [1.54, 1.807) is 6.20 Å². The molecule has 0 atom stereocenters. The van der Waals surface area contributed by atoms with Crippen LogP contribution in [-0.4, -0.2) is 10.9 Å². The number of hydrogen-bond acceptors (Lipinski definition) is 2. The molecule has 0 aromatic carbocycles. The zero-order valence-corrected chi connectivity index (χ0v) is 10.8. The first-order valence-electron chi connectivity index (χ1n) is 6.10. The number of pyridine rings is 1. The Morgan fingerprint density at radius 3 is 2.76 bits per heavy atom. The van der Waals surface area contributed by atoms with Crippen LogP contribution in [0.5, 0.6) is 0 Å². The van der Waals surface area contributed by atoms with Crippen LogP contribution in [0.15, 0.2) is 12.3 Å². The van der Waals surface area contributed by atoms with E-state index in [0.717, 1.165) is 36.9 Å². The molecule has 1 fully saturated rings. The van der Waals surface area contributed by atoms with E-state index in [9.17, 15) is 4.79 Å². The smallest absolute Gasteiger partial charge is 0.227 e. The monoisotopic (exact) mass is 252 g/mol. The summed E-state index contributed by atoms with van der Waals surface area (Å²) in [6, 6.07) is 1.86. The minimum Gasteiger partial charge on any atom is -0.324 e. The average Bonchev–Trinajstić information content (AvgIpc) is 2.35. The van der Waals surface area contributed by atoms with E-state index in [-0.39, 0.29) is 11.8 Å². The van der Waals surface area contributed by atoms with Gasteiger partial charge in [-0.1, -0.05) is 30.9 Å². The SMILES string of the molecule is Cc1cc(NC(=O)C2CCCCC2)cnc1Cl. The zero-order chi connectivity index (χ0) is 12.3. The van der Waals surface area contributed by atoms with E-state index >= 15 is 0 Å². The third-order valence-corrected chi connectivity index (χ3v) is 3.65. The summed E-state index contributed by atoms with van der Waals surface area (Å²) in [5.74, 6) is 0.285. The van der Waals surface area contributed by atoms with Crippen LogP contribution in [-0.2, 0) is 4.79 Å². The standard InChI is InChI=1S/C13H17ClN2O/c1-9-7-11(8-15-12(9)14)16-13(17)10-5-3-2-4-6-10/h7-8,10H,2-6H2,1H3,(H,16,17). The van der Waals surface area contributed by atoms with Gasteiger partial charge in [0, 0.05) is 5.92 Å². The predicted octanol–water partition coefficient (Wildman–Crippen LogP) is 3.56. The Bertz CT molecular complexity index is 414. The van der Waals surface area contributed by atoms with Crippen molar-refractivity contribution in [1.29, 1.82) is 0 Å². The quantitative estimate of drug-likeness (QED) is 0.818. The number of aromatic nitrogens is 1. The van der Waals surface area contributed by atoms with E-state index < -0.39 is 0 Å². The van der Waals surface area contributed by atoms with Gasteiger partial charge in [-0.3, -0.25) is 4.79 Å². The third-order valence-electron chi connectivity index (χ3n) is 3.26. The first kappa shape index (κ1) is 12.4. The second-order valence-corrected chi connectivity index (χ2v) is 5.01. The molecule has 1 aliphatic carbocycles. The minimum absolute atomic E-state index is 0.119. The molecule has 1 aromatic rings. The van der Waals surface area contributed by atoms with Crippen LogP contribution in [0, 0.1) is 12.8 Å². The molecule has 17 heavy (non-hydrogen) atoms. The van der Waals surface area contributed by atoms with Gasteiger partial charge in [0.25, 0.3) is 0 Å². The molecule has 0 aliphatic heterocycles. The number of nitrogens with zero attached hydrogens (tertiary/aromatic N) is 1. The van der Waals surface area contributed by atoms with E-state index in [0.29, 0.717) is 5.15 Å². The highest BCUT2D eigenvalue weighted by atomic mass is 35.5. The number of hydrogen-bond donors (Lipinski definition) is 1. The van der Waals surface area contributed by atoms with Crippen LogP contribution in [0.2, 0.25) is 5.15 Å². The molecule has 0 bridgehead atoms. The van der Waals surface area contributed by atoms with E-state index in [4.69, 9.17) is 11.6 Å². The van der Waals surface area contributed by atoms with Gasteiger partial charge in [0.2, 0.25) is 5.91 Å². The molecule has 1 amide bonds. The maximum Gasteiger partial charge on any atom is 0.227 e. The molecule has 0 radical (unpaired) electrons. The highest BCUT2D eigenvalue weighted by Gasteiger charge is 2.21. The van der Waals surface area contributed by atoms with Gasteiger partial charge in [0.1, 0.15) is 5.15 Å². The van der Waals surface area contributed by atoms with Crippen LogP contribution in [0.25, 0.3) is 0 Å². The molecule has 92 valence electrons. The maximum atomic E-state index is 12.0. The van der Waals surface area contributed by atoms with Crippen molar-refractivity contribution in [3.63, 3.8) is 0 Å². The van der Waals surface area contributed by atoms with Crippen LogP contribution >= 0.6 is 11.6 Å². The lowest BCUT2D eigenvalue weighted by Gasteiger charge is -2.20. The number of rotatable bonds is 2. The van der Waals surface area contributed by atoms with Crippen molar-refractivity contribution >= 4 is 23.2 Å². The molecule has 1 saturated carbocycles. The fourth-order valence-corrected chi connectivity index (χ4v) is 2.34. The van der Waals surface area contributed by atoms with Crippen molar-refractivity contribution in [3.05, 3.63) is 23.0 Å². The topological polar surface area (TPSA) is 42.0 Å². The van der Waals surface area contributed by atoms with Crippen molar-refractivity contribution in [1.82, 2.24) is 4.98 Å². The molecule has 1 heterocycles. The second-order valence-electron chi connectivity index (χ2n) is 4.66. The number of aryl methyl sites for hydroxylation is 1. The number of anilines is 1. The molecule has 2 rings (SSSR count). The lowest BCUT2D eigenvalue weighted by Crippen LogP contribution is -2.24. The number of halogens is 1. The van der Waals surface area contributed by atoms with Crippen molar-refractivity contribution in [2.75, 3.05) is 5.32 Å². The van der Waals surface area contributed by atoms with Crippen LogP contribution < -0.4 is 5.32 Å². The highest BCUT2D eigenvalue weighted by molar-refractivity contribution is 6.30. The second kappa shape index (κ2) is 5.50. The number of carbonyl (C=O) groups is 1. The Balaban J connectivity index is 1.99. The van der Waals surface area contributed by atoms with Crippen molar-refractivity contribution in [2.24, 2.45) is 5.92 Å². The molecular formula is C13H17ClN2O. The lowest BCUT2D eigenvalue weighted by molar-refractivity contribution is -0.120. The number of amides is 1. The van der Waals surface area contributed by atoms with Crippen molar-refractivity contribution in [3.8, 4) is 0 Å². The van der Waals surface area contributed by atoms with Gasteiger partial charge in [-0.25, -0.2) is 4.98 Å². The first-order valence-corrected chi connectivity index (χ1v) is 6.47. The summed E-state index contributed by atoms with van der Waals surface area (Å²) in [4.78, 5) is 16.0. The molecule has 1 N–H and O–H groups in total. The third kappa shape index (κ3) is 3.19. The predicted molar refractivity (Wildman–Crippen MR) is 69.2 cm³/mol. The van der Waals surface area contributed by atoms with Gasteiger partial charge >= 0.3 is 0 Å². The summed E-state index contributed by atoms with van der Waals surface area (Å²) in [5.41, 5.74) is 1.62. The Morgan fingerprint density at radius 1 is 1.41 bits per heavy atom. The van der Waals surface area contributed by atoms with Crippen molar-refractivity contribution < 1.29 is 4.79 Å². The Labute approximate surface area is 107 Å². The normalized spacial score (nSPS) is 16.8. The summed E-state index contributed by atoms with van der Waals surface area (Å²) in [5, 5.41) is 3.41. The number of nitrogens with one attached hydrogen (secondary N) is 1. The summed E-state index contributed by atoms with van der Waals surface area (Å²) in [6.45, 7) is 1.88. The molecule has 4 heteroatoms. The van der Waals surface area contributed by atoms with Crippen LogP contribution in [0.3, 0.4) is 0 Å². The molecule has 3 nitrogen and oxygen atoms in total. The van der Waals surface area contributed by atoms with Gasteiger partial charge in [0.15, 0.2) is 0 Å². The Morgan fingerprint density at radius 2 is 2.12 bits per heavy atom. The average molecular weight is 253 g/mol. The van der Waals surface area contributed by atoms with Gasteiger partial charge < -0.3 is 5.32 Å². The van der Waals surface area contributed by atoms with Crippen molar-refractivity contribution in [2.45, 2.75) is 39.0 Å². The molecule has 0 saturated heterocycles. The Hall–Kier alpha value is -1.09. The summed E-state index contributed by atoms with van der Waals surface area (Å²) < 4.78 is 0. The summed E-state index contributed by atoms with van der Waals surface area (Å²) in [6.07, 6.45) is 7.20. The van der Waals surface area contributed by atoms with Gasteiger partial charge in [-0.15, -0.1) is 0 Å². The molecule has 0 unspecified atom stereocenters. The fraction of sp³-hybridized carbons (Fsp3) is 0.538. The van der Waals surface area contributed by atoms with Gasteiger partial charge in [0.05, 0.1) is 11.9 Å². The fourth-order valence-electron chi connectivity index (χ4n) is 2.24. The van der Waals surface area contributed by atoms with Gasteiger partial charge in [-0.05, 0) is 31.4 Å². The maximum absolute atomic E-state index is 12.0.